The average molecular weight is 1420 g/mol. The van der Waals surface area contributed by atoms with E-state index < -0.39 is 5.91 Å². The van der Waals surface area contributed by atoms with Crippen molar-refractivity contribution in [3.05, 3.63) is 11.4 Å². The number of methoxy groups -OCH3 is 4. The van der Waals surface area contributed by atoms with E-state index in [1.165, 1.54) is 0 Å². The summed E-state index contributed by atoms with van der Waals surface area (Å²) in [6.45, 7) is 23.3. The third-order valence-corrected chi connectivity index (χ3v) is 12.5. The summed E-state index contributed by atoms with van der Waals surface area (Å²) in [5.74, 6) is -0.334. The van der Waals surface area contributed by atoms with Crippen LogP contribution in [0.2, 0.25) is 0 Å². The third kappa shape index (κ3) is 66.0. The van der Waals surface area contributed by atoms with Crippen molar-refractivity contribution in [2.45, 2.75) is 25.7 Å². The summed E-state index contributed by atoms with van der Waals surface area (Å²) in [5, 5.41) is 9.22. The van der Waals surface area contributed by atoms with Crippen molar-refractivity contribution in [3.8, 4) is 0 Å². The Kier molecular flexibility index (Phi) is 75.3. The van der Waals surface area contributed by atoms with Crippen LogP contribution in [-0.4, -0.2) is 387 Å². The summed E-state index contributed by atoms with van der Waals surface area (Å²) < 4.78 is 142. The highest BCUT2D eigenvalue weighted by Crippen LogP contribution is 2.21. The van der Waals surface area contributed by atoms with Crippen molar-refractivity contribution in [2.24, 2.45) is 0 Å². The van der Waals surface area contributed by atoms with Gasteiger partial charge < -0.3 is 139 Å². The van der Waals surface area contributed by atoms with Gasteiger partial charge in [0.2, 0.25) is 0 Å². The van der Waals surface area contributed by atoms with Crippen molar-refractivity contribution in [3.63, 3.8) is 0 Å². The SMILES string of the molecule is COCCCNc1nc(C(=O)NCCOCCOCCOCCOCCOCCOCCOCCOCCOCCOCCOCCOC)c(NCCCOC)nc1C(=O)CCCOCCOCCOCCOCCOCCOCCOCCOCCOCCOCCOCCOC. The van der Waals surface area contributed by atoms with Gasteiger partial charge in [-0.3, -0.25) is 9.59 Å². The Hall–Kier alpha value is -3.22. The van der Waals surface area contributed by atoms with Crippen LogP contribution in [0, 0.1) is 0 Å². The van der Waals surface area contributed by atoms with Gasteiger partial charge in [0.1, 0.15) is 0 Å². The minimum absolute atomic E-state index is 0.0379. The molecule has 0 unspecified atom stereocenters. The monoisotopic (exact) mass is 1420 g/mol. The fraction of sp³-hybridized carbons (Fsp3) is 0.908. The lowest BCUT2D eigenvalue weighted by Crippen LogP contribution is -2.30. The highest BCUT2D eigenvalue weighted by atomic mass is 16.6. The normalized spacial score (nSPS) is 11.6. The topological polar surface area (TPSA) is 336 Å². The Balaban J connectivity index is 2.11. The molecule has 578 valence electrons. The van der Waals surface area contributed by atoms with Gasteiger partial charge in [-0.05, 0) is 19.3 Å². The second-order valence-corrected chi connectivity index (χ2v) is 20.4. The fourth-order valence-corrected chi connectivity index (χ4v) is 7.54. The second-order valence-electron chi connectivity index (χ2n) is 20.4. The predicted molar refractivity (Wildman–Crippen MR) is 360 cm³/mol. The maximum absolute atomic E-state index is 13.7. The zero-order valence-corrected chi connectivity index (χ0v) is 59.7. The van der Waals surface area contributed by atoms with E-state index in [0.29, 0.717) is 343 Å². The molecular formula is C65H125N5O28. The van der Waals surface area contributed by atoms with Crippen molar-refractivity contribution in [2.75, 3.05) is 376 Å². The summed E-state index contributed by atoms with van der Waals surface area (Å²) in [6.07, 6.45) is 1.85. The van der Waals surface area contributed by atoms with Crippen LogP contribution in [0.1, 0.15) is 46.7 Å². The summed E-state index contributed by atoms with van der Waals surface area (Å²) >= 11 is 0. The van der Waals surface area contributed by atoms with E-state index in [1.807, 2.05) is 0 Å². The lowest BCUT2D eigenvalue weighted by Gasteiger charge is -2.16. The van der Waals surface area contributed by atoms with Gasteiger partial charge in [0.25, 0.3) is 5.91 Å². The first-order chi connectivity index (χ1) is 48.6. The summed E-state index contributed by atoms with van der Waals surface area (Å²) in [4.78, 5) is 36.6. The lowest BCUT2D eigenvalue weighted by molar-refractivity contribution is -0.0280. The number of carbonyl (C=O) groups excluding carboxylic acids is 2. The molecule has 1 rings (SSSR count). The smallest absolute Gasteiger partial charge is 0.273 e. The largest absolute Gasteiger partial charge is 0.385 e. The van der Waals surface area contributed by atoms with Gasteiger partial charge in [0.05, 0.1) is 297 Å². The van der Waals surface area contributed by atoms with Crippen molar-refractivity contribution < 1.29 is 133 Å². The Morgan fingerprint density at radius 2 is 0.439 bits per heavy atom. The molecule has 0 saturated carbocycles. The lowest BCUT2D eigenvalue weighted by atomic mass is 10.1. The van der Waals surface area contributed by atoms with E-state index in [9.17, 15) is 9.59 Å². The molecule has 33 heteroatoms. The number of hydrogen-bond acceptors (Lipinski definition) is 32. The number of carbonyl (C=O) groups is 2. The fourth-order valence-electron chi connectivity index (χ4n) is 7.54. The molecule has 0 fully saturated rings. The van der Waals surface area contributed by atoms with E-state index in [4.69, 9.17) is 123 Å². The average Bonchev–Trinajstić information content (AvgIpc) is 0.810. The van der Waals surface area contributed by atoms with Crippen LogP contribution in [-0.2, 0) is 123 Å². The Morgan fingerprint density at radius 3 is 0.684 bits per heavy atom. The maximum Gasteiger partial charge on any atom is 0.273 e. The molecule has 98 heavy (non-hydrogen) atoms. The molecule has 33 nitrogen and oxygen atoms in total. The Bertz CT molecular complexity index is 1680. The molecule has 0 aliphatic rings. The van der Waals surface area contributed by atoms with Gasteiger partial charge in [0, 0.05) is 74.3 Å². The van der Waals surface area contributed by atoms with E-state index in [1.54, 1.807) is 28.4 Å². The zero-order chi connectivity index (χ0) is 70.3. The van der Waals surface area contributed by atoms with Crippen LogP contribution in [0.3, 0.4) is 0 Å². The molecule has 0 saturated heterocycles. The van der Waals surface area contributed by atoms with Gasteiger partial charge in [-0.2, -0.15) is 0 Å². The standard InChI is InChI=1S/C65H125N5O28/c1-73-12-6-9-66-63-61(60(71)8-5-14-77-20-22-81-28-30-85-36-38-89-44-46-93-52-54-97-58-56-95-50-48-91-42-40-87-34-32-83-26-24-79-18-16-75-3)69-64(67-10-7-13-74-2)62(70-63)65(72)68-11-15-78-21-23-82-29-31-86-37-39-90-45-47-94-53-55-98-59-57-96-51-49-92-43-41-88-35-33-84-27-25-80-19-17-76-4/h5-59H2,1-4H3,(H,66,70)(H,67,69)(H,68,72). The van der Waals surface area contributed by atoms with Crippen LogP contribution < -0.4 is 16.0 Å². The number of nitrogens with zero attached hydrogens (tertiary/aromatic N) is 2. The van der Waals surface area contributed by atoms with E-state index >= 15 is 0 Å². The maximum atomic E-state index is 13.7. The highest BCUT2D eigenvalue weighted by molar-refractivity contribution is 6.02. The first kappa shape index (κ1) is 92.8. The molecule has 0 atom stereocenters. The molecule has 0 bridgehead atoms. The van der Waals surface area contributed by atoms with Crippen LogP contribution in [0.15, 0.2) is 0 Å². The number of aromatic nitrogens is 2. The minimum Gasteiger partial charge on any atom is -0.385 e. The Morgan fingerprint density at radius 1 is 0.235 bits per heavy atom. The summed E-state index contributed by atoms with van der Waals surface area (Å²) in [5.41, 5.74) is 0.159. The minimum atomic E-state index is -0.478. The summed E-state index contributed by atoms with van der Waals surface area (Å²) in [7, 11) is 6.50. The van der Waals surface area contributed by atoms with Gasteiger partial charge in [-0.1, -0.05) is 0 Å². The highest BCUT2D eigenvalue weighted by Gasteiger charge is 2.23. The van der Waals surface area contributed by atoms with Crippen LogP contribution in [0.4, 0.5) is 11.6 Å². The number of ether oxygens (including phenoxy) is 26. The first-order valence-corrected chi connectivity index (χ1v) is 34.5. The number of Topliss-reactive ketones (excluding diaryl/α,β-unsaturated/α-hetero) is 1. The first-order valence-electron chi connectivity index (χ1n) is 34.5. The van der Waals surface area contributed by atoms with Gasteiger partial charge in [0.15, 0.2) is 28.8 Å². The van der Waals surface area contributed by atoms with E-state index in [2.05, 4.69) is 25.9 Å². The molecule has 1 amide bonds. The number of hydrogen-bond donors (Lipinski definition) is 3. The zero-order valence-electron chi connectivity index (χ0n) is 59.7. The van der Waals surface area contributed by atoms with Crippen LogP contribution >= 0.6 is 0 Å². The van der Waals surface area contributed by atoms with Gasteiger partial charge >= 0.3 is 0 Å². The molecule has 3 N–H and O–H groups in total. The van der Waals surface area contributed by atoms with E-state index in [-0.39, 0.29) is 48.4 Å². The van der Waals surface area contributed by atoms with Crippen molar-refractivity contribution in [1.82, 2.24) is 15.3 Å². The summed E-state index contributed by atoms with van der Waals surface area (Å²) in [6, 6.07) is 0. The number of ketones is 1. The second kappa shape index (κ2) is 79.5. The van der Waals surface area contributed by atoms with E-state index in [0.717, 1.165) is 0 Å². The third-order valence-electron chi connectivity index (χ3n) is 12.5. The molecular weight excluding hydrogens is 1300 g/mol. The van der Waals surface area contributed by atoms with Gasteiger partial charge in [-0.25, -0.2) is 9.97 Å². The Labute approximate surface area is 582 Å². The number of anilines is 2. The van der Waals surface area contributed by atoms with Gasteiger partial charge in [-0.15, -0.1) is 0 Å². The quantitative estimate of drug-likeness (QED) is 0.0617. The van der Waals surface area contributed by atoms with Crippen LogP contribution in [0.25, 0.3) is 0 Å². The van der Waals surface area contributed by atoms with Crippen LogP contribution in [0.5, 0.6) is 0 Å². The molecule has 0 radical (unpaired) electrons. The molecule has 1 aromatic rings. The molecule has 0 spiro atoms. The molecule has 0 aliphatic heterocycles. The van der Waals surface area contributed by atoms with Crippen molar-refractivity contribution >= 4 is 23.3 Å². The molecule has 1 aromatic heterocycles. The predicted octanol–water partition coefficient (Wildman–Crippen LogP) is 1.72. The number of amides is 1. The number of rotatable bonds is 85. The molecule has 0 aliphatic carbocycles. The van der Waals surface area contributed by atoms with Crippen molar-refractivity contribution in [1.29, 1.82) is 0 Å². The molecule has 1 heterocycles. The molecule has 0 aromatic carbocycles. The number of nitrogens with one attached hydrogen (secondary N) is 3.